The van der Waals surface area contributed by atoms with Gasteiger partial charge in [-0.15, -0.1) is 0 Å². The third-order valence-electron chi connectivity index (χ3n) is 4.73. The number of pyridine rings is 1. The Balaban J connectivity index is 1.73. The minimum Gasteiger partial charge on any atom is -0.382 e. The van der Waals surface area contributed by atoms with E-state index in [1.807, 2.05) is 31.2 Å². The van der Waals surface area contributed by atoms with Crippen molar-refractivity contribution in [3.05, 3.63) is 60.6 Å². The van der Waals surface area contributed by atoms with E-state index in [0.717, 1.165) is 24.2 Å². The first-order chi connectivity index (χ1) is 14.2. The van der Waals surface area contributed by atoms with Crippen molar-refractivity contribution in [3.63, 3.8) is 0 Å². The van der Waals surface area contributed by atoms with E-state index in [-0.39, 0.29) is 12.1 Å². The van der Waals surface area contributed by atoms with Crippen molar-refractivity contribution in [1.82, 2.24) is 15.0 Å². The summed E-state index contributed by atoms with van der Waals surface area (Å²) >= 11 is 0. The Kier molecular flexibility index (Phi) is 5.03. The standard InChI is InChI=1S/C21H19N7O/c1-14-7-8-24-18-6-5-17(16-4-2-3-15(11-16)12-22)26-20(18)28(14)21(29)27-19-13-23-9-10-25-19/h2-6,9-11,13-14,24H,7-8H2,1H3,(H,25,27,29)/t14-/m1/s1. The second kappa shape index (κ2) is 7.94. The van der Waals surface area contributed by atoms with Crippen LogP contribution in [-0.4, -0.2) is 33.6 Å². The molecule has 29 heavy (non-hydrogen) atoms. The average Bonchev–Trinajstić information content (AvgIpc) is 2.92. The van der Waals surface area contributed by atoms with Crippen molar-refractivity contribution in [2.24, 2.45) is 0 Å². The zero-order valence-electron chi connectivity index (χ0n) is 15.8. The minimum absolute atomic E-state index is 0.0754. The third-order valence-corrected chi connectivity index (χ3v) is 4.73. The van der Waals surface area contributed by atoms with Crippen LogP contribution < -0.4 is 15.5 Å². The van der Waals surface area contributed by atoms with Crippen molar-refractivity contribution in [1.29, 1.82) is 5.26 Å². The zero-order chi connectivity index (χ0) is 20.2. The second-order valence-electron chi connectivity index (χ2n) is 6.72. The van der Waals surface area contributed by atoms with Gasteiger partial charge in [0.1, 0.15) is 0 Å². The van der Waals surface area contributed by atoms with E-state index in [1.165, 1.54) is 12.4 Å². The molecule has 0 saturated carbocycles. The molecule has 0 radical (unpaired) electrons. The molecule has 8 nitrogen and oxygen atoms in total. The van der Waals surface area contributed by atoms with Crippen LogP contribution >= 0.6 is 0 Å². The molecule has 0 unspecified atom stereocenters. The number of anilines is 3. The van der Waals surface area contributed by atoms with Gasteiger partial charge in [-0.25, -0.2) is 14.8 Å². The van der Waals surface area contributed by atoms with Crippen LogP contribution in [0.5, 0.6) is 0 Å². The van der Waals surface area contributed by atoms with Gasteiger partial charge in [-0.05, 0) is 37.6 Å². The number of fused-ring (bicyclic) bond motifs is 1. The lowest BCUT2D eigenvalue weighted by molar-refractivity contribution is 0.255. The van der Waals surface area contributed by atoms with Crippen LogP contribution in [0.4, 0.5) is 22.1 Å². The summed E-state index contributed by atoms with van der Waals surface area (Å²) < 4.78 is 0. The molecular weight excluding hydrogens is 366 g/mol. The van der Waals surface area contributed by atoms with Gasteiger partial charge in [0.05, 0.1) is 29.2 Å². The molecule has 0 fully saturated rings. The van der Waals surface area contributed by atoms with Gasteiger partial charge in [0.15, 0.2) is 11.6 Å². The number of hydrogen-bond donors (Lipinski definition) is 2. The Morgan fingerprint density at radius 3 is 3.00 bits per heavy atom. The van der Waals surface area contributed by atoms with Crippen LogP contribution in [0.3, 0.4) is 0 Å². The molecule has 3 heterocycles. The van der Waals surface area contributed by atoms with Gasteiger partial charge < -0.3 is 5.32 Å². The molecule has 2 amide bonds. The molecule has 1 aliphatic heterocycles. The van der Waals surface area contributed by atoms with Crippen molar-refractivity contribution >= 4 is 23.4 Å². The second-order valence-corrected chi connectivity index (χ2v) is 6.72. The first-order valence-electron chi connectivity index (χ1n) is 9.27. The largest absolute Gasteiger partial charge is 0.382 e. The number of nitrogens with one attached hydrogen (secondary N) is 2. The first-order valence-corrected chi connectivity index (χ1v) is 9.27. The molecule has 8 heteroatoms. The Hall–Kier alpha value is -3.99. The Labute approximate surface area is 168 Å². The van der Waals surface area contributed by atoms with Gasteiger partial charge in [-0.1, -0.05) is 12.1 Å². The van der Waals surface area contributed by atoms with Crippen molar-refractivity contribution < 1.29 is 4.79 Å². The smallest absolute Gasteiger partial charge is 0.329 e. The van der Waals surface area contributed by atoms with Crippen LogP contribution in [0.2, 0.25) is 0 Å². The highest BCUT2D eigenvalue weighted by atomic mass is 16.2. The number of urea groups is 1. The quantitative estimate of drug-likeness (QED) is 0.697. The van der Waals surface area contributed by atoms with Gasteiger partial charge in [0.25, 0.3) is 0 Å². The van der Waals surface area contributed by atoms with Gasteiger partial charge in [0.2, 0.25) is 0 Å². The van der Waals surface area contributed by atoms with E-state index in [9.17, 15) is 10.1 Å². The number of hydrogen-bond acceptors (Lipinski definition) is 6. The third kappa shape index (κ3) is 3.84. The molecule has 0 spiro atoms. The fourth-order valence-corrected chi connectivity index (χ4v) is 3.26. The fraction of sp³-hybridized carbons (Fsp3) is 0.190. The summed E-state index contributed by atoms with van der Waals surface area (Å²) in [5, 5.41) is 15.3. The van der Waals surface area contributed by atoms with E-state index in [1.54, 1.807) is 23.2 Å². The molecule has 1 atom stereocenters. The van der Waals surface area contributed by atoms with E-state index in [4.69, 9.17) is 4.98 Å². The molecular formula is C21H19N7O. The van der Waals surface area contributed by atoms with Gasteiger partial charge in [0, 0.05) is 30.5 Å². The monoisotopic (exact) mass is 385 g/mol. The van der Waals surface area contributed by atoms with Crippen molar-refractivity contribution in [2.75, 3.05) is 22.1 Å². The summed E-state index contributed by atoms with van der Waals surface area (Å²) in [6.07, 6.45) is 5.34. The number of rotatable bonds is 2. The number of carbonyl (C=O) groups is 1. The highest BCUT2D eigenvalue weighted by molar-refractivity contribution is 6.03. The SMILES string of the molecule is C[C@@H]1CCNc2ccc(-c3cccc(C#N)c3)nc2N1C(=O)Nc1cnccn1. The minimum atomic E-state index is -0.321. The molecule has 1 aliphatic rings. The summed E-state index contributed by atoms with van der Waals surface area (Å²) in [5.41, 5.74) is 2.85. The number of nitrogens with zero attached hydrogens (tertiary/aromatic N) is 5. The predicted octanol–water partition coefficient (Wildman–Crippen LogP) is 3.65. The first kappa shape index (κ1) is 18.4. The maximum absolute atomic E-state index is 13.1. The van der Waals surface area contributed by atoms with Crippen LogP contribution in [0.1, 0.15) is 18.9 Å². The highest BCUT2D eigenvalue weighted by Gasteiger charge is 2.29. The van der Waals surface area contributed by atoms with E-state index < -0.39 is 0 Å². The zero-order valence-corrected chi connectivity index (χ0v) is 15.8. The summed E-state index contributed by atoms with van der Waals surface area (Å²) in [6.45, 7) is 2.71. The average molecular weight is 385 g/mol. The van der Waals surface area contributed by atoms with E-state index >= 15 is 0 Å². The molecule has 4 rings (SSSR count). The number of benzene rings is 1. The molecule has 2 aromatic heterocycles. The molecule has 0 saturated heterocycles. The number of amides is 2. The lowest BCUT2D eigenvalue weighted by atomic mass is 10.1. The molecule has 144 valence electrons. The normalized spacial score (nSPS) is 15.4. The number of nitriles is 1. The lowest BCUT2D eigenvalue weighted by Gasteiger charge is -2.27. The van der Waals surface area contributed by atoms with Crippen LogP contribution in [0.15, 0.2) is 55.0 Å². The van der Waals surface area contributed by atoms with Crippen LogP contribution in [0, 0.1) is 11.3 Å². The van der Waals surface area contributed by atoms with Gasteiger partial charge in [-0.2, -0.15) is 5.26 Å². The van der Waals surface area contributed by atoms with Gasteiger partial charge in [-0.3, -0.25) is 15.2 Å². The summed E-state index contributed by atoms with van der Waals surface area (Å²) in [4.78, 5) is 27.6. The Morgan fingerprint density at radius 1 is 1.31 bits per heavy atom. The molecule has 3 aromatic rings. The molecule has 1 aromatic carbocycles. The highest BCUT2D eigenvalue weighted by Crippen LogP contribution is 2.32. The maximum atomic E-state index is 13.1. The van der Waals surface area contributed by atoms with Crippen LogP contribution in [-0.2, 0) is 0 Å². The van der Waals surface area contributed by atoms with E-state index in [0.29, 0.717) is 22.9 Å². The predicted molar refractivity (Wildman–Crippen MR) is 110 cm³/mol. The number of carbonyl (C=O) groups excluding carboxylic acids is 1. The Bertz CT molecular complexity index is 1080. The summed E-state index contributed by atoms with van der Waals surface area (Å²) in [6, 6.07) is 12.8. The van der Waals surface area contributed by atoms with Gasteiger partial charge >= 0.3 is 6.03 Å². The van der Waals surface area contributed by atoms with Crippen LogP contribution in [0.25, 0.3) is 11.3 Å². The molecule has 0 aliphatic carbocycles. The molecule has 0 bridgehead atoms. The van der Waals surface area contributed by atoms with E-state index in [2.05, 4.69) is 26.7 Å². The fourth-order valence-electron chi connectivity index (χ4n) is 3.26. The van der Waals surface area contributed by atoms with Crippen molar-refractivity contribution in [2.45, 2.75) is 19.4 Å². The lowest BCUT2D eigenvalue weighted by Crippen LogP contribution is -2.42. The van der Waals surface area contributed by atoms with Crippen molar-refractivity contribution in [3.8, 4) is 17.3 Å². The maximum Gasteiger partial charge on any atom is 0.329 e. The Morgan fingerprint density at radius 2 is 2.21 bits per heavy atom. The summed E-state index contributed by atoms with van der Waals surface area (Å²) in [7, 11) is 0. The number of aromatic nitrogens is 3. The molecule has 2 N–H and O–H groups in total. The summed E-state index contributed by atoms with van der Waals surface area (Å²) in [5.74, 6) is 0.914. The topological polar surface area (TPSA) is 107 Å².